The van der Waals surface area contributed by atoms with Crippen molar-refractivity contribution in [2.75, 3.05) is 0 Å². The summed E-state index contributed by atoms with van der Waals surface area (Å²) >= 11 is 0. The van der Waals surface area contributed by atoms with Crippen molar-refractivity contribution in [2.24, 2.45) is 0 Å². The van der Waals surface area contributed by atoms with Crippen molar-refractivity contribution in [1.29, 1.82) is 0 Å². The van der Waals surface area contributed by atoms with Gasteiger partial charge in [-0.15, -0.1) is 0 Å². The molecule has 0 saturated carbocycles. The highest BCUT2D eigenvalue weighted by atomic mass is 15.0. The van der Waals surface area contributed by atoms with E-state index in [9.17, 15) is 0 Å². The standard InChI is InChI=1S/C51H33N5/c1-3-14-34(15-4-1)45-32-46(35-16-5-2-6-17-35)54-51(53-45)37-26-28-44(52-33-37)36-27-29-50-43(30-36)42-22-9-12-25-49(42)56(50)39-19-13-18-38(31-39)55-47-23-10-7-20-40(47)41-21-8-11-24-48(41)55/h1-33H. The molecule has 0 radical (unpaired) electrons. The maximum atomic E-state index is 5.01. The van der Waals surface area contributed by atoms with E-state index in [4.69, 9.17) is 15.0 Å². The summed E-state index contributed by atoms with van der Waals surface area (Å²) in [6, 6.07) is 68.2. The normalized spacial score (nSPS) is 11.6. The molecular formula is C51H33N5. The first-order valence-corrected chi connectivity index (χ1v) is 18.9. The summed E-state index contributed by atoms with van der Waals surface area (Å²) in [6.07, 6.45) is 1.89. The van der Waals surface area contributed by atoms with Gasteiger partial charge in [0.1, 0.15) is 0 Å². The number of fused-ring (bicyclic) bond motifs is 6. The lowest BCUT2D eigenvalue weighted by Crippen LogP contribution is -1.98. The Morgan fingerprint density at radius 3 is 1.32 bits per heavy atom. The number of pyridine rings is 1. The molecule has 0 bridgehead atoms. The van der Waals surface area contributed by atoms with Crippen molar-refractivity contribution in [3.63, 3.8) is 0 Å². The van der Waals surface area contributed by atoms with E-state index in [0.29, 0.717) is 5.82 Å². The van der Waals surface area contributed by atoms with Crippen molar-refractivity contribution < 1.29 is 0 Å². The molecular weight excluding hydrogens is 683 g/mol. The minimum absolute atomic E-state index is 0.644. The molecule has 11 aromatic rings. The Morgan fingerprint density at radius 2 is 0.786 bits per heavy atom. The van der Waals surface area contributed by atoms with Crippen molar-refractivity contribution in [3.05, 3.63) is 200 Å². The zero-order valence-corrected chi connectivity index (χ0v) is 30.3. The number of rotatable bonds is 6. The minimum Gasteiger partial charge on any atom is -0.309 e. The summed E-state index contributed by atoms with van der Waals surface area (Å²) in [5, 5.41) is 4.88. The van der Waals surface area contributed by atoms with Crippen LogP contribution in [0.15, 0.2) is 200 Å². The summed E-state index contributed by atoms with van der Waals surface area (Å²) in [5.74, 6) is 0.644. The Kier molecular flexibility index (Phi) is 7.42. The fourth-order valence-corrected chi connectivity index (χ4v) is 8.17. The Balaban J connectivity index is 0.996. The zero-order valence-electron chi connectivity index (χ0n) is 30.3. The van der Waals surface area contributed by atoms with E-state index in [1.165, 1.54) is 32.6 Å². The van der Waals surface area contributed by atoms with Crippen LogP contribution in [-0.4, -0.2) is 24.1 Å². The molecule has 0 spiro atoms. The Bertz CT molecular complexity index is 3120. The van der Waals surface area contributed by atoms with Gasteiger partial charge < -0.3 is 9.13 Å². The molecule has 0 saturated heterocycles. The second-order valence-electron chi connectivity index (χ2n) is 14.1. The largest absolute Gasteiger partial charge is 0.309 e. The van der Waals surface area contributed by atoms with Crippen molar-refractivity contribution in [3.8, 4) is 56.5 Å². The average molecular weight is 716 g/mol. The molecule has 0 amide bonds. The molecule has 0 N–H and O–H groups in total. The van der Waals surface area contributed by atoms with Crippen LogP contribution in [0.3, 0.4) is 0 Å². The number of hydrogen-bond acceptors (Lipinski definition) is 3. The lowest BCUT2D eigenvalue weighted by molar-refractivity contribution is 1.13. The van der Waals surface area contributed by atoms with Gasteiger partial charge in [0.25, 0.3) is 0 Å². The molecule has 0 aliphatic heterocycles. The second-order valence-corrected chi connectivity index (χ2v) is 14.1. The van der Waals surface area contributed by atoms with Gasteiger partial charge in [-0.1, -0.05) is 127 Å². The van der Waals surface area contributed by atoms with Gasteiger partial charge in [-0.05, 0) is 66.7 Å². The van der Waals surface area contributed by atoms with Crippen molar-refractivity contribution in [2.45, 2.75) is 0 Å². The zero-order chi connectivity index (χ0) is 37.0. The molecule has 7 aromatic carbocycles. The molecule has 0 fully saturated rings. The lowest BCUT2D eigenvalue weighted by atomic mass is 10.1. The highest BCUT2D eigenvalue weighted by Gasteiger charge is 2.17. The van der Waals surface area contributed by atoms with Crippen LogP contribution in [0.2, 0.25) is 0 Å². The molecule has 262 valence electrons. The Labute approximate surface area is 323 Å². The number of hydrogen-bond donors (Lipinski definition) is 0. The monoisotopic (exact) mass is 715 g/mol. The van der Waals surface area contributed by atoms with E-state index in [-0.39, 0.29) is 0 Å². The second kappa shape index (κ2) is 13.0. The van der Waals surface area contributed by atoms with Gasteiger partial charge in [0.05, 0.1) is 39.1 Å². The van der Waals surface area contributed by atoms with Crippen LogP contribution in [0, 0.1) is 0 Å². The van der Waals surface area contributed by atoms with Crippen LogP contribution in [-0.2, 0) is 0 Å². The molecule has 56 heavy (non-hydrogen) atoms. The van der Waals surface area contributed by atoms with Gasteiger partial charge in [0.15, 0.2) is 5.82 Å². The lowest BCUT2D eigenvalue weighted by Gasteiger charge is -2.13. The summed E-state index contributed by atoms with van der Waals surface area (Å²) < 4.78 is 4.75. The molecule has 0 unspecified atom stereocenters. The number of benzene rings is 7. The van der Waals surface area contributed by atoms with Gasteiger partial charge in [0.2, 0.25) is 0 Å². The molecule has 0 aliphatic carbocycles. The summed E-state index contributed by atoms with van der Waals surface area (Å²) in [4.78, 5) is 15.0. The van der Waals surface area contributed by atoms with E-state index >= 15 is 0 Å². The first kappa shape index (κ1) is 31.9. The third-order valence-electron chi connectivity index (χ3n) is 10.8. The van der Waals surface area contributed by atoms with E-state index in [1.54, 1.807) is 0 Å². The van der Waals surface area contributed by atoms with Crippen LogP contribution >= 0.6 is 0 Å². The third-order valence-corrected chi connectivity index (χ3v) is 10.8. The maximum absolute atomic E-state index is 5.01. The molecule has 5 nitrogen and oxygen atoms in total. The first-order chi connectivity index (χ1) is 27.8. The Morgan fingerprint density at radius 1 is 0.304 bits per heavy atom. The fourth-order valence-electron chi connectivity index (χ4n) is 8.17. The molecule has 0 atom stereocenters. The topological polar surface area (TPSA) is 48.5 Å². The number of para-hydroxylation sites is 3. The van der Waals surface area contributed by atoms with Gasteiger partial charge in [0, 0.05) is 61.4 Å². The quantitative estimate of drug-likeness (QED) is 0.172. The van der Waals surface area contributed by atoms with E-state index in [2.05, 4.69) is 167 Å². The van der Waals surface area contributed by atoms with Gasteiger partial charge in [-0.2, -0.15) is 0 Å². The number of aromatic nitrogens is 5. The smallest absolute Gasteiger partial charge is 0.161 e. The van der Waals surface area contributed by atoms with Gasteiger partial charge in [-0.3, -0.25) is 4.98 Å². The number of nitrogens with zero attached hydrogens (tertiary/aromatic N) is 5. The molecule has 11 rings (SSSR count). The summed E-state index contributed by atoms with van der Waals surface area (Å²) in [5.41, 5.74) is 13.6. The highest BCUT2D eigenvalue weighted by molar-refractivity contribution is 6.11. The van der Waals surface area contributed by atoms with E-state index in [1.807, 2.05) is 42.6 Å². The van der Waals surface area contributed by atoms with Crippen molar-refractivity contribution in [1.82, 2.24) is 24.1 Å². The Hall–Kier alpha value is -7.63. The molecule has 4 heterocycles. The van der Waals surface area contributed by atoms with Gasteiger partial charge >= 0.3 is 0 Å². The van der Waals surface area contributed by atoms with Gasteiger partial charge in [-0.25, -0.2) is 9.97 Å². The predicted octanol–water partition coefficient (Wildman–Crippen LogP) is 12.7. The summed E-state index contributed by atoms with van der Waals surface area (Å²) in [7, 11) is 0. The molecule has 5 heteroatoms. The van der Waals surface area contributed by atoms with Crippen LogP contribution < -0.4 is 0 Å². The van der Waals surface area contributed by atoms with Crippen LogP contribution in [0.25, 0.3) is 100 Å². The molecule has 4 aromatic heterocycles. The van der Waals surface area contributed by atoms with E-state index in [0.717, 1.165) is 61.7 Å². The maximum Gasteiger partial charge on any atom is 0.161 e. The predicted molar refractivity (Wildman–Crippen MR) is 230 cm³/mol. The average Bonchev–Trinajstić information content (AvgIpc) is 3.80. The van der Waals surface area contributed by atoms with Crippen LogP contribution in [0.4, 0.5) is 0 Å². The highest BCUT2D eigenvalue weighted by Crippen LogP contribution is 2.37. The van der Waals surface area contributed by atoms with Crippen molar-refractivity contribution >= 4 is 43.6 Å². The third kappa shape index (κ3) is 5.29. The molecule has 0 aliphatic rings. The minimum atomic E-state index is 0.644. The SMILES string of the molecule is c1ccc(-c2cc(-c3ccccc3)nc(-c3ccc(-c4ccc5c(c4)c4ccccc4n5-c4cccc(-n5c6ccccc6c6ccccc65)c4)nc3)n2)cc1. The first-order valence-electron chi connectivity index (χ1n) is 18.9. The van der Waals surface area contributed by atoms with Crippen LogP contribution in [0.1, 0.15) is 0 Å². The van der Waals surface area contributed by atoms with Crippen LogP contribution in [0.5, 0.6) is 0 Å². The van der Waals surface area contributed by atoms with E-state index < -0.39 is 0 Å². The fraction of sp³-hybridized carbons (Fsp3) is 0. The summed E-state index contributed by atoms with van der Waals surface area (Å²) in [6.45, 7) is 0.